The molecule has 2 N–H and O–H groups in total. The summed E-state index contributed by atoms with van der Waals surface area (Å²) >= 11 is 9.31. The van der Waals surface area contributed by atoms with E-state index >= 15 is 0 Å². The third-order valence-corrected chi connectivity index (χ3v) is 4.17. The van der Waals surface area contributed by atoms with Gasteiger partial charge in [-0.05, 0) is 29.3 Å². The Hall–Kier alpha value is -2.05. The van der Waals surface area contributed by atoms with Crippen LogP contribution in [0.15, 0.2) is 53.0 Å². The van der Waals surface area contributed by atoms with E-state index in [9.17, 15) is 9.59 Å². The molecule has 126 valence electrons. The molecule has 0 aliphatic heterocycles. The lowest BCUT2D eigenvalue weighted by molar-refractivity contribution is -0.137. The maximum atomic E-state index is 12.0. The van der Waals surface area contributed by atoms with Crippen LogP contribution in [-0.2, 0) is 16.1 Å². The van der Waals surface area contributed by atoms with Gasteiger partial charge in [0.05, 0.1) is 12.5 Å². The number of hydrogen-bond acceptors (Lipinski definition) is 3. The van der Waals surface area contributed by atoms with Crippen LogP contribution < -0.4 is 5.32 Å². The first-order chi connectivity index (χ1) is 11.5. The number of nitrogens with one attached hydrogen (secondary N) is 1. The minimum absolute atomic E-state index is 0.100. The van der Waals surface area contributed by atoms with Crippen LogP contribution in [0.1, 0.15) is 23.6 Å². The van der Waals surface area contributed by atoms with Crippen LogP contribution in [0, 0.1) is 0 Å². The second-order valence-corrected chi connectivity index (χ2v) is 6.31. The maximum Gasteiger partial charge on any atom is 0.407 e. The van der Waals surface area contributed by atoms with Gasteiger partial charge in [-0.3, -0.25) is 4.79 Å². The van der Waals surface area contributed by atoms with Crippen molar-refractivity contribution in [1.29, 1.82) is 0 Å². The number of rotatable bonds is 6. The predicted molar refractivity (Wildman–Crippen MR) is 93.9 cm³/mol. The topological polar surface area (TPSA) is 75.6 Å². The molecule has 0 bridgehead atoms. The van der Waals surface area contributed by atoms with Crippen molar-refractivity contribution in [3.8, 4) is 0 Å². The molecule has 1 amide bonds. The van der Waals surface area contributed by atoms with Crippen molar-refractivity contribution in [2.24, 2.45) is 0 Å². The lowest BCUT2D eigenvalue weighted by atomic mass is 10.0. The Morgan fingerprint density at radius 3 is 2.58 bits per heavy atom. The highest BCUT2D eigenvalue weighted by Gasteiger charge is 2.21. The van der Waals surface area contributed by atoms with Crippen LogP contribution in [0.2, 0.25) is 5.02 Å². The molecule has 0 saturated heterocycles. The number of aliphatic carboxylic acids is 1. The lowest BCUT2D eigenvalue weighted by Crippen LogP contribution is -2.31. The number of carboxylic acid groups (broad SMARTS) is 1. The standard InChI is InChI=1S/C17H15BrClNO4/c18-14-7-6-12(19)8-13(14)15(9-16(21)22)20-17(23)24-10-11-4-2-1-3-5-11/h1-8,15H,9-10H2,(H,20,23)(H,21,22). The summed E-state index contributed by atoms with van der Waals surface area (Å²) in [6.07, 6.45) is -0.990. The fourth-order valence-corrected chi connectivity index (χ4v) is 2.81. The highest BCUT2D eigenvalue weighted by atomic mass is 79.9. The van der Waals surface area contributed by atoms with Gasteiger partial charge in [0, 0.05) is 9.50 Å². The zero-order valence-corrected chi connectivity index (χ0v) is 14.9. The summed E-state index contributed by atoms with van der Waals surface area (Å²) in [5, 5.41) is 12.1. The van der Waals surface area contributed by atoms with Crippen molar-refractivity contribution in [2.75, 3.05) is 0 Å². The highest BCUT2D eigenvalue weighted by molar-refractivity contribution is 9.10. The molecule has 0 spiro atoms. The molecule has 24 heavy (non-hydrogen) atoms. The lowest BCUT2D eigenvalue weighted by Gasteiger charge is -2.19. The van der Waals surface area contributed by atoms with Gasteiger partial charge >= 0.3 is 12.1 Å². The fraction of sp³-hybridized carbons (Fsp3) is 0.176. The fourth-order valence-electron chi connectivity index (χ4n) is 2.10. The number of carbonyl (C=O) groups is 2. The summed E-state index contributed by atoms with van der Waals surface area (Å²) < 4.78 is 5.79. The maximum absolute atomic E-state index is 12.0. The second kappa shape index (κ2) is 8.70. The zero-order valence-electron chi connectivity index (χ0n) is 12.5. The Labute approximate surface area is 152 Å². The van der Waals surface area contributed by atoms with E-state index in [2.05, 4.69) is 21.2 Å². The number of halogens is 2. The minimum Gasteiger partial charge on any atom is -0.481 e. The normalized spacial score (nSPS) is 11.6. The largest absolute Gasteiger partial charge is 0.481 e. The molecular weight excluding hydrogens is 398 g/mol. The molecule has 0 heterocycles. The zero-order chi connectivity index (χ0) is 17.5. The highest BCUT2D eigenvalue weighted by Crippen LogP contribution is 2.28. The smallest absolute Gasteiger partial charge is 0.407 e. The van der Waals surface area contributed by atoms with Gasteiger partial charge in [-0.1, -0.05) is 57.9 Å². The van der Waals surface area contributed by atoms with Crippen LogP contribution in [-0.4, -0.2) is 17.2 Å². The molecule has 1 atom stereocenters. The predicted octanol–water partition coefficient (Wildman–Crippen LogP) is 4.54. The monoisotopic (exact) mass is 411 g/mol. The first-order valence-electron chi connectivity index (χ1n) is 7.09. The van der Waals surface area contributed by atoms with Crippen LogP contribution in [0.25, 0.3) is 0 Å². The van der Waals surface area contributed by atoms with E-state index < -0.39 is 18.1 Å². The molecule has 5 nitrogen and oxygen atoms in total. The van der Waals surface area contributed by atoms with Gasteiger partial charge in [0.25, 0.3) is 0 Å². The second-order valence-electron chi connectivity index (χ2n) is 5.02. The summed E-state index contributed by atoms with van der Waals surface area (Å²) in [7, 11) is 0. The third-order valence-electron chi connectivity index (χ3n) is 3.22. The summed E-state index contributed by atoms with van der Waals surface area (Å²) in [4.78, 5) is 23.1. The Kier molecular flexibility index (Phi) is 6.63. The average Bonchev–Trinajstić information content (AvgIpc) is 2.55. The summed E-state index contributed by atoms with van der Waals surface area (Å²) in [6.45, 7) is 0.100. The van der Waals surface area contributed by atoms with Gasteiger partial charge < -0.3 is 15.2 Å². The van der Waals surface area contributed by atoms with Crippen molar-refractivity contribution >= 4 is 39.6 Å². The van der Waals surface area contributed by atoms with Crippen LogP contribution in [0.4, 0.5) is 4.79 Å². The molecule has 0 aromatic heterocycles. The van der Waals surface area contributed by atoms with E-state index in [1.54, 1.807) is 18.2 Å². The van der Waals surface area contributed by atoms with E-state index in [1.165, 1.54) is 0 Å². The van der Waals surface area contributed by atoms with Gasteiger partial charge in [0.2, 0.25) is 0 Å². The van der Waals surface area contributed by atoms with E-state index in [0.717, 1.165) is 5.56 Å². The number of alkyl carbamates (subject to hydrolysis) is 1. The van der Waals surface area contributed by atoms with E-state index in [-0.39, 0.29) is 13.0 Å². The third kappa shape index (κ3) is 5.54. The average molecular weight is 413 g/mol. The van der Waals surface area contributed by atoms with Crippen LogP contribution >= 0.6 is 27.5 Å². The summed E-state index contributed by atoms with van der Waals surface area (Å²) in [5.74, 6) is -1.05. The van der Waals surface area contributed by atoms with Crippen molar-refractivity contribution in [1.82, 2.24) is 5.32 Å². The van der Waals surface area contributed by atoms with E-state index in [1.807, 2.05) is 30.3 Å². The van der Waals surface area contributed by atoms with Gasteiger partial charge in [-0.2, -0.15) is 0 Å². The molecule has 0 aliphatic rings. The summed E-state index contributed by atoms with van der Waals surface area (Å²) in [6, 6.07) is 13.4. The minimum atomic E-state index is -1.05. The molecule has 2 rings (SSSR count). The Morgan fingerprint density at radius 2 is 1.92 bits per heavy atom. The quantitative estimate of drug-likeness (QED) is 0.730. The Balaban J connectivity index is 2.06. The molecular formula is C17H15BrClNO4. The number of ether oxygens (including phenoxy) is 1. The van der Waals surface area contributed by atoms with E-state index in [4.69, 9.17) is 21.4 Å². The molecule has 0 radical (unpaired) electrons. The van der Waals surface area contributed by atoms with Crippen molar-refractivity contribution in [3.63, 3.8) is 0 Å². The molecule has 0 fully saturated rings. The molecule has 1 unspecified atom stereocenters. The number of amides is 1. The Bertz CT molecular complexity index is 724. The molecule has 7 heteroatoms. The molecule has 2 aromatic carbocycles. The van der Waals surface area contributed by atoms with Crippen molar-refractivity contribution in [2.45, 2.75) is 19.1 Å². The number of benzene rings is 2. The molecule has 0 aliphatic carbocycles. The van der Waals surface area contributed by atoms with Crippen molar-refractivity contribution in [3.05, 3.63) is 69.2 Å². The number of hydrogen-bond donors (Lipinski definition) is 2. The SMILES string of the molecule is O=C(O)CC(NC(=O)OCc1ccccc1)c1cc(Cl)ccc1Br. The van der Waals surface area contributed by atoms with Gasteiger partial charge in [0.1, 0.15) is 6.61 Å². The first-order valence-corrected chi connectivity index (χ1v) is 8.27. The molecule has 0 saturated carbocycles. The summed E-state index contributed by atoms with van der Waals surface area (Å²) in [5.41, 5.74) is 1.41. The Morgan fingerprint density at radius 1 is 1.21 bits per heavy atom. The number of carbonyl (C=O) groups excluding carboxylic acids is 1. The van der Waals surface area contributed by atoms with Crippen LogP contribution in [0.5, 0.6) is 0 Å². The molecule has 2 aromatic rings. The van der Waals surface area contributed by atoms with Gasteiger partial charge in [-0.15, -0.1) is 0 Å². The first kappa shape index (κ1) is 18.3. The van der Waals surface area contributed by atoms with E-state index in [0.29, 0.717) is 15.1 Å². The van der Waals surface area contributed by atoms with Crippen molar-refractivity contribution < 1.29 is 19.4 Å². The van der Waals surface area contributed by atoms with Gasteiger partial charge in [-0.25, -0.2) is 4.79 Å². The van der Waals surface area contributed by atoms with Crippen LogP contribution in [0.3, 0.4) is 0 Å². The number of carboxylic acids is 1. The van der Waals surface area contributed by atoms with Gasteiger partial charge in [0.15, 0.2) is 0 Å².